The van der Waals surface area contributed by atoms with Gasteiger partial charge in [0.2, 0.25) is 11.9 Å². The number of rotatable bonds is 8. The molecule has 1 aliphatic carbocycles. The lowest BCUT2D eigenvalue weighted by molar-refractivity contribution is -0.132. The van der Waals surface area contributed by atoms with Crippen molar-refractivity contribution < 1.29 is 9.59 Å². The molecule has 170 valence electrons. The number of nitrogens with one attached hydrogen (secondary N) is 2. The minimum absolute atomic E-state index is 0.247. The number of primary amides is 1. The summed E-state index contributed by atoms with van der Waals surface area (Å²) in [5.74, 6) is 0.964. The minimum Gasteiger partial charge on any atom is -0.368 e. The normalized spacial score (nSPS) is 16.2. The van der Waals surface area contributed by atoms with E-state index in [1.807, 2.05) is 17.0 Å². The van der Waals surface area contributed by atoms with Gasteiger partial charge in [-0.3, -0.25) is 9.59 Å². The number of hydrogen-bond acceptors (Lipinski definition) is 7. The number of piperazine rings is 1. The maximum Gasteiger partial charge on any atom is 0.254 e. The molecule has 0 spiro atoms. The largest absolute Gasteiger partial charge is 0.368 e. The molecule has 4 rings (SSSR count). The van der Waals surface area contributed by atoms with E-state index in [0.29, 0.717) is 35.7 Å². The van der Waals surface area contributed by atoms with Gasteiger partial charge >= 0.3 is 0 Å². The Morgan fingerprint density at radius 1 is 1.12 bits per heavy atom. The fraction of sp³-hybridized carbons (Fsp3) is 0.478. The van der Waals surface area contributed by atoms with Crippen LogP contribution in [0, 0.1) is 5.92 Å². The van der Waals surface area contributed by atoms with Crippen molar-refractivity contribution in [1.29, 1.82) is 0 Å². The topological polar surface area (TPSA) is 116 Å². The molecular formula is C23H31N7O2. The zero-order chi connectivity index (χ0) is 22.7. The number of nitrogens with two attached hydrogens (primary N) is 1. The predicted molar refractivity (Wildman–Crippen MR) is 125 cm³/mol. The van der Waals surface area contributed by atoms with Crippen LogP contribution in [-0.2, 0) is 4.79 Å². The molecule has 2 fully saturated rings. The third-order valence-corrected chi connectivity index (χ3v) is 5.68. The van der Waals surface area contributed by atoms with Crippen molar-refractivity contribution in [2.24, 2.45) is 11.7 Å². The van der Waals surface area contributed by atoms with E-state index in [1.54, 1.807) is 0 Å². The van der Waals surface area contributed by atoms with E-state index in [1.165, 1.54) is 6.20 Å². The summed E-state index contributed by atoms with van der Waals surface area (Å²) < 4.78 is 0. The lowest BCUT2D eigenvalue weighted by Crippen LogP contribution is -2.49. The highest BCUT2D eigenvalue weighted by Crippen LogP contribution is 2.27. The molecule has 9 nitrogen and oxygen atoms in total. The van der Waals surface area contributed by atoms with Crippen LogP contribution in [0.4, 0.5) is 23.1 Å². The second-order valence-corrected chi connectivity index (χ2v) is 8.88. The zero-order valence-electron chi connectivity index (χ0n) is 18.7. The first-order valence-corrected chi connectivity index (χ1v) is 11.2. The number of anilines is 4. The van der Waals surface area contributed by atoms with Gasteiger partial charge in [-0.25, -0.2) is 4.98 Å². The Kier molecular flexibility index (Phi) is 6.43. The van der Waals surface area contributed by atoms with Crippen molar-refractivity contribution in [2.45, 2.75) is 39.2 Å². The number of benzene rings is 1. The molecular weight excluding hydrogens is 406 g/mol. The van der Waals surface area contributed by atoms with Crippen LogP contribution in [0.5, 0.6) is 0 Å². The molecule has 0 radical (unpaired) electrons. The highest BCUT2D eigenvalue weighted by atomic mass is 16.2. The predicted octanol–water partition coefficient (Wildman–Crippen LogP) is 2.59. The van der Waals surface area contributed by atoms with Crippen LogP contribution < -0.4 is 21.3 Å². The van der Waals surface area contributed by atoms with E-state index < -0.39 is 5.91 Å². The summed E-state index contributed by atoms with van der Waals surface area (Å²) in [5, 5.41) is 6.43. The summed E-state index contributed by atoms with van der Waals surface area (Å²) in [6, 6.07) is 8.40. The van der Waals surface area contributed by atoms with E-state index in [-0.39, 0.29) is 5.91 Å². The Hall–Kier alpha value is -3.36. The highest BCUT2D eigenvalue weighted by Gasteiger charge is 2.24. The van der Waals surface area contributed by atoms with Crippen molar-refractivity contribution in [3.63, 3.8) is 0 Å². The second-order valence-electron chi connectivity index (χ2n) is 8.88. The summed E-state index contributed by atoms with van der Waals surface area (Å²) in [7, 11) is 0. The molecule has 1 saturated carbocycles. The molecule has 1 saturated heterocycles. The summed E-state index contributed by atoms with van der Waals surface area (Å²) in [6.45, 7) is 7.30. The van der Waals surface area contributed by atoms with Gasteiger partial charge in [0.05, 0.1) is 5.56 Å². The molecule has 0 atom stereocenters. The Morgan fingerprint density at radius 3 is 2.41 bits per heavy atom. The monoisotopic (exact) mass is 437 g/mol. The van der Waals surface area contributed by atoms with Crippen LogP contribution in [0.2, 0.25) is 0 Å². The first-order valence-electron chi connectivity index (χ1n) is 11.2. The van der Waals surface area contributed by atoms with Gasteiger partial charge in [-0.05, 0) is 43.0 Å². The molecule has 9 heteroatoms. The lowest BCUT2D eigenvalue weighted by atomic mass is 10.1. The maximum atomic E-state index is 12.3. The molecule has 32 heavy (non-hydrogen) atoms. The van der Waals surface area contributed by atoms with Crippen molar-refractivity contribution in [3.05, 3.63) is 36.0 Å². The number of carbonyl (C=O) groups is 2. The van der Waals surface area contributed by atoms with Crippen molar-refractivity contribution in [3.8, 4) is 0 Å². The minimum atomic E-state index is -0.546. The summed E-state index contributed by atoms with van der Waals surface area (Å²) >= 11 is 0. The van der Waals surface area contributed by atoms with E-state index in [9.17, 15) is 9.59 Å². The van der Waals surface area contributed by atoms with Gasteiger partial charge in [0, 0.05) is 56.2 Å². The fourth-order valence-corrected chi connectivity index (χ4v) is 3.73. The number of amides is 2. The molecule has 1 aromatic heterocycles. The number of hydrogen-bond donors (Lipinski definition) is 3. The molecule has 0 bridgehead atoms. The molecule has 2 amide bonds. The van der Waals surface area contributed by atoms with E-state index in [2.05, 4.69) is 51.5 Å². The summed E-state index contributed by atoms with van der Waals surface area (Å²) in [6.07, 6.45) is 4.19. The van der Waals surface area contributed by atoms with Gasteiger partial charge < -0.3 is 26.2 Å². The third kappa shape index (κ3) is 5.46. The Labute approximate surface area is 188 Å². The van der Waals surface area contributed by atoms with Crippen molar-refractivity contribution >= 4 is 35.0 Å². The van der Waals surface area contributed by atoms with Crippen LogP contribution in [-0.4, -0.2) is 58.9 Å². The SMILES string of the molecule is CC(C)CC(=O)N1CCN(c2ccc(Nc3ncc(C(N)=O)c(NC4CC4)n3)cc2)CC1. The molecule has 0 unspecified atom stereocenters. The quantitative estimate of drug-likeness (QED) is 0.581. The maximum absolute atomic E-state index is 12.3. The smallest absolute Gasteiger partial charge is 0.254 e. The van der Waals surface area contributed by atoms with Gasteiger partial charge in [0.25, 0.3) is 5.91 Å². The van der Waals surface area contributed by atoms with Crippen molar-refractivity contribution in [2.75, 3.05) is 41.7 Å². The van der Waals surface area contributed by atoms with Crippen molar-refractivity contribution in [1.82, 2.24) is 14.9 Å². The van der Waals surface area contributed by atoms with Gasteiger partial charge in [0.1, 0.15) is 5.82 Å². The van der Waals surface area contributed by atoms with Gasteiger partial charge in [-0.2, -0.15) is 4.98 Å². The highest BCUT2D eigenvalue weighted by molar-refractivity contribution is 5.97. The lowest BCUT2D eigenvalue weighted by Gasteiger charge is -2.36. The summed E-state index contributed by atoms with van der Waals surface area (Å²) in [5.41, 5.74) is 7.71. The zero-order valence-corrected chi connectivity index (χ0v) is 18.7. The van der Waals surface area contributed by atoms with Crippen LogP contribution >= 0.6 is 0 Å². The van der Waals surface area contributed by atoms with Crippen LogP contribution in [0.3, 0.4) is 0 Å². The number of carbonyl (C=O) groups excluding carboxylic acids is 2. The van der Waals surface area contributed by atoms with E-state index >= 15 is 0 Å². The number of aromatic nitrogens is 2. The molecule has 2 aliphatic rings. The Bertz CT molecular complexity index is 965. The average molecular weight is 438 g/mol. The molecule has 2 heterocycles. The first-order chi connectivity index (χ1) is 15.4. The fourth-order valence-electron chi connectivity index (χ4n) is 3.73. The average Bonchev–Trinajstić information content (AvgIpc) is 3.58. The standard InChI is InChI=1S/C23H31N7O2/c1-15(2)13-20(31)30-11-9-29(10-12-30)18-7-5-17(6-8-18)27-23-25-14-19(21(24)32)22(28-23)26-16-3-4-16/h5-8,14-16H,3-4,9-13H2,1-2H3,(H2,24,32)(H2,25,26,27,28). The molecule has 1 aromatic carbocycles. The van der Waals surface area contributed by atoms with Crippen LogP contribution in [0.1, 0.15) is 43.5 Å². The van der Waals surface area contributed by atoms with Crippen LogP contribution in [0.25, 0.3) is 0 Å². The molecule has 4 N–H and O–H groups in total. The molecule has 2 aromatic rings. The van der Waals surface area contributed by atoms with Crippen LogP contribution in [0.15, 0.2) is 30.5 Å². The Balaban J connectivity index is 1.36. The van der Waals surface area contributed by atoms with Gasteiger partial charge in [0.15, 0.2) is 0 Å². The third-order valence-electron chi connectivity index (χ3n) is 5.68. The molecule has 1 aliphatic heterocycles. The van der Waals surface area contributed by atoms with Gasteiger partial charge in [-0.15, -0.1) is 0 Å². The van der Waals surface area contributed by atoms with Gasteiger partial charge in [-0.1, -0.05) is 13.8 Å². The first kappa shape index (κ1) is 21.9. The Morgan fingerprint density at radius 2 is 1.81 bits per heavy atom. The van der Waals surface area contributed by atoms with E-state index in [4.69, 9.17) is 5.73 Å². The van der Waals surface area contributed by atoms with E-state index in [0.717, 1.165) is 50.4 Å². The summed E-state index contributed by atoms with van der Waals surface area (Å²) in [4.78, 5) is 36.8. The number of nitrogens with zero attached hydrogens (tertiary/aromatic N) is 4. The second kappa shape index (κ2) is 9.42.